The molecule has 2 aromatic rings. The summed E-state index contributed by atoms with van der Waals surface area (Å²) >= 11 is 0. The molecule has 1 fully saturated rings. The van der Waals surface area contributed by atoms with Crippen LogP contribution in [-0.4, -0.2) is 28.5 Å². The summed E-state index contributed by atoms with van der Waals surface area (Å²) in [6.07, 6.45) is 4.60. The van der Waals surface area contributed by atoms with Crippen molar-refractivity contribution in [2.24, 2.45) is 7.05 Å². The number of rotatable bonds is 1. The van der Waals surface area contributed by atoms with Crippen LogP contribution in [-0.2, 0) is 7.05 Å². The molecule has 21 heavy (non-hydrogen) atoms. The maximum Gasteiger partial charge on any atom is 0.259 e. The molecule has 4 nitrogen and oxygen atoms in total. The molecule has 0 unspecified atom stereocenters. The Kier molecular flexibility index (Phi) is 3.49. The van der Waals surface area contributed by atoms with Gasteiger partial charge in [-0.3, -0.25) is 9.59 Å². The van der Waals surface area contributed by atoms with Crippen LogP contribution >= 0.6 is 0 Å². The molecule has 1 aliphatic heterocycles. The first-order valence-electron chi connectivity index (χ1n) is 7.16. The fraction of sp³-hybridized carbons (Fsp3) is 0.375. The summed E-state index contributed by atoms with van der Waals surface area (Å²) in [6.45, 7) is 1.37. The van der Waals surface area contributed by atoms with E-state index in [0.717, 1.165) is 19.3 Å². The zero-order chi connectivity index (χ0) is 15.0. The molecule has 0 radical (unpaired) electrons. The number of carbonyl (C=O) groups excluding carboxylic acids is 1. The third-order valence-electron chi connectivity index (χ3n) is 4.02. The molecule has 2 heterocycles. The number of hydrogen-bond acceptors (Lipinski definition) is 2. The van der Waals surface area contributed by atoms with Crippen molar-refractivity contribution in [3.63, 3.8) is 0 Å². The molecule has 0 bridgehead atoms. The molecule has 3 rings (SSSR count). The van der Waals surface area contributed by atoms with E-state index in [0.29, 0.717) is 18.6 Å². The minimum absolute atomic E-state index is 0.123. The van der Waals surface area contributed by atoms with Crippen molar-refractivity contribution in [1.82, 2.24) is 9.47 Å². The summed E-state index contributed by atoms with van der Waals surface area (Å²) in [6, 6.07) is 4.07. The molecular formula is C16H17FN2O2. The summed E-state index contributed by atoms with van der Waals surface area (Å²) < 4.78 is 15.1. The molecule has 110 valence electrons. The Balaban J connectivity index is 2.12. The number of likely N-dealkylation sites (tertiary alicyclic amines) is 1. The van der Waals surface area contributed by atoms with E-state index in [1.165, 1.54) is 12.1 Å². The lowest BCUT2D eigenvalue weighted by Crippen LogP contribution is -2.38. The second-order valence-corrected chi connectivity index (χ2v) is 5.50. The van der Waals surface area contributed by atoms with Crippen molar-refractivity contribution in [1.29, 1.82) is 0 Å². The Morgan fingerprint density at radius 3 is 2.62 bits per heavy atom. The molecule has 1 amide bonds. The van der Waals surface area contributed by atoms with Crippen LogP contribution in [0, 0.1) is 5.82 Å². The number of nitrogens with zero attached hydrogens (tertiary/aromatic N) is 2. The highest BCUT2D eigenvalue weighted by molar-refractivity contribution is 5.97. The van der Waals surface area contributed by atoms with Gasteiger partial charge in [0.15, 0.2) is 0 Å². The van der Waals surface area contributed by atoms with Crippen LogP contribution in [0.2, 0.25) is 0 Å². The van der Waals surface area contributed by atoms with Gasteiger partial charge in [-0.1, -0.05) is 0 Å². The summed E-state index contributed by atoms with van der Waals surface area (Å²) in [5.74, 6) is -0.719. The van der Waals surface area contributed by atoms with Crippen molar-refractivity contribution in [3.8, 4) is 0 Å². The largest absolute Gasteiger partial charge is 0.350 e. The van der Waals surface area contributed by atoms with Crippen molar-refractivity contribution in [2.75, 3.05) is 13.1 Å². The first kappa shape index (κ1) is 13.8. The zero-order valence-corrected chi connectivity index (χ0v) is 11.9. The maximum absolute atomic E-state index is 13.4. The number of piperidine rings is 1. The SMILES string of the molecule is Cn1cc(C(=O)N2CCCCC2)c(=O)c2cc(F)ccc21. The predicted molar refractivity (Wildman–Crippen MR) is 78.9 cm³/mol. The summed E-state index contributed by atoms with van der Waals surface area (Å²) in [5.41, 5.74) is 0.354. The smallest absolute Gasteiger partial charge is 0.259 e. The van der Waals surface area contributed by atoms with E-state index in [-0.39, 0.29) is 16.9 Å². The highest BCUT2D eigenvalue weighted by Crippen LogP contribution is 2.15. The Hall–Kier alpha value is -2.17. The van der Waals surface area contributed by atoms with Crippen LogP contribution in [0.5, 0.6) is 0 Å². The van der Waals surface area contributed by atoms with Gasteiger partial charge in [0.1, 0.15) is 11.4 Å². The van der Waals surface area contributed by atoms with Gasteiger partial charge in [-0.25, -0.2) is 4.39 Å². The first-order chi connectivity index (χ1) is 10.1. The van der Waals surface area contributed by atoms with Gasteiger partial charge in [0, 0.05) is 31.7 Å². The summed E-state index contributed by atoms with van der Waals surface area (Å²) in [4.78, 5) is 26.7. The van der Waals surface area contributed by atoms with Crippen molar-refractivity contribution in [3.05, 3.63) is 46.0 Å². The Bertz CT molecular complexity index is 761. The molecule has 1 aliphatic rings. The normalized spacial score (nSPS) is 15.4. The Morgan fingerprint density at radius 2 is 1.90 bits per heavy atom. The molecular weight excluding hydrogens is 271 g/mol. The van der Waals surface area contributed by atoms with Gasteiger partial charge in [-0.05, 0) is 37.5 Å². The standard InChI is InChI=1S/C16H17FN2O2/c1-18-10-13(16(21)19-7-3-2-4-8-19)15(20)12-9-11(17)5-6-14(12)18/h5-6,9-10H,2-4,7-8H2,1H3. The third kappa shape index (κ3) is 2.44. The lowest BCUT2D eigenvalue weighted by Gasteiger charge is -2.26. The van der Waals surface area contributed by atoms with Crippen LogP contribution in [0.3, 0.4) is 0 Å². The number of carbonyl (C=O) groups is 1. The maximum atomic E-state index is 13.4. The highest BCUT2D eigenvalue weighted by Gasteiger charge is 2.22. The van der Waals surface area contributed by atoms with Crippen LogP contribution in [0.4, 0.5) is 4.39 Å². The summed E-state index contributed by atoms with van der Waals surface area (Å²) in [5, 5.41) is 0.250. The molecule has 0 saturated carbocycles. The Labute approximate surface area is 121 Å². The van der Waals surface area contributed by atoms with Crippen LogP contribution in [0.1, 0.15) is 29.6 Å². The Morgan fingerprint density at radius 1 is 1.19 bits per heavy atom. The molecule has 0 atom stereocenters. The van der Waals surface area contributed by atoms with Crippen LogP contribution in [0.15, 0.2) is 29.2 Å². The summed E-state index contributed by atoms with van der Waals surface area (Å²) in [7, 11) is 1.76. The molecule has 1 aromatic heterocycles. The fourth-order valence-electron chi connectivity index (χ4n) is 2.88. The number of fused-ring (bicyclic) bond motifs is 1. The predicted octanol–water partition coefficient (Wildman–Crippen LogP) is 2.30. The van der Waals surface area contributed by atoms with Gasteiger partial charge in [0.25, 0.3) is 5.91 Å². The van der Waals surface area contributed by atoms with E-state index in [9.17, 15) is 14.0 Å². The number of aryl methyl sites for hydroxylation is 1. The number of hydrogen-bond donors (Lipinski definition) is 0. The minimum atomic E-state index is -0.470. The van der Waals surface area contributed by atoms with E-state index in [1.54, 1.807) is 28.8 Å². The number of halogens is 1. The monoisotopic (exact) mass is 288 g/mol. The molecule has 5 heteroatoms. The number of aromatic nitrogens is 1. The van der Waals surface area contributed by atoms with E-state index in [2.05, 4.69) is 0 Å². The molecule has 0 aliphatic carbocycles. The van der Waals surface area contributed by atoms with Gasteiger partial charge < -0.3 is 9.47 Å². The number of benzene rings is 1. The first-order valence-corrected chi connectivity index (χ1v) is 7.16. The number of pyridine rings is 1. The number of amides is 1. The van der Waals surface area contributed by atoms with Crippen molar-refractivity contribution < 1.29 is 9.18 Å². The van der Waals surface area contributed by atoms with Crippen LogP contribution in [0.25, 0.3) is 10.9 Å². The van der Waals surface area contributed by atoms with E-state index >= 15 is 0 Å². The molecule has 0 N–H and O–H groups in total. The van der Waals surface area contributed by atoms with E-state index in [4.69, 9.17) is 0 Å². The lowest BCUT2D eigenvalue weighted by atomic mass is 10.1. The molecule has 1 saturated heterocycles. The zero-order valence-electron chi connectivity index (χ0n) is 11.9. The van der Waals surface area contributed by atoms with Gasteiger partial charge >= 0.3 is 0 Å². The van der Waals surface area contributed by atoms with E-state index < -0.39 is 11.2 Å². The lowest BCUT2D eigenvalue weighted by molar-refractivity contribution is 0.0722. The van der Waals surface area contributed by atoms with E-state index in [1.807, 2.05) is 0 Å². The van der Waals surface area contributed by atoms with Gasteiger partial charge in [-0.15, -0.1) is 0 Å². The average molecular weight is 288 g/mol. The second kappa shape index (κ2) is 5.31. The molecule has 0 spiro atoms. The minimum Gasteiger partial charge on any atom is -0.350 e. The van der Waals surface area contributed by atoms with Gasteiger partial charge in [0.05, 0.1) is 5.52 Å². The fourth-order valence-corrected chi connectivity index (χ4v) is 2.88. The topological polar surface area (TPSA) is 42.3 Å². The van der Waals surface area contributed by atoms with Crippen molar-refractivity contribution >= 4 is 16.8 Å². The van der Waals surface area contributed by atoms with Crippen LogP contribution < -0.4 is 5.43 Å². The van der Waals surface area contributed by atoms with Crippen molar-refractivity contribution in [2.45, 2.75) is 19.3 Å². The molecule has 1 aromatic carbocycles. The average Bonchev–Trinajstić information content (AvgIpc) is 2.51. The highest BCUT2D eigenvalue weighted by atomic mass is 19.1. The second-order valence-electron chi connectivity index (χ2n) is 5.50. The quantitative estimate of drug-likeness (QED) is 0.808. The van der Waals surface area contributed by atoms with Gasteiger partial charge in [-0.2, -0.15) is 0 Å². The van der Waals surface area contributed by atoms with Gasteiger partial charge in [0.2, 0.25) is 5.43 Å². The third-order valence-corrected chi connectivity index (χ3v) is 4.02.